The molecule has 0 fully saturated rings. The van der Waals surface area contributed by atoms with Crippen molar-refractivity contribution in [2.75, 3.05) is 13.7 Å². The lowest BCUT2D eigenvalue weighted by Gasteiger charge is -2.31. The molecule has 2 atom stereocenters. The normalized spacial score (nSPS) is 14.9. The van der Waals surface area contributed by atoms with E-state index in [1.807, 2.05) is 26.1 Å². The molecule has 1 aromatic rings. The first-order chi connectivity index (χ1) is 9.70. The Labute approximate surface area is 139 Å². The van der Waals surface area contributed by atoms with Crippen LogP contribution in [0.2, 0.25) is 10.0 Å². The van der Waals surface area contributed by atoms with Crippen molar-refractivity contribution in [3.63, 3.8) is 0 Å². The monoisotopic (exact) mass is 331 g/mol. The first-order valence-corrected chi connectivity index (χ1v) is 8.25. The van der Waals surface area contributed by atoms with Gasteiger partial charge in [-0.25, -0.2) is 0 Å². The van der Waals surface area contributed by atoms with Gasteiger partial charge in [0.25, 0.3) is 0 Å². The Morgan fingerprint density at radius 1 is 1.19 bits per heavy atom. The van der Waals surface area contributed by atoms with Crippen LogP contribution in [0.4, 0.5) is 0 Å². The van der Waals surface area contributed by atoms with Crippen molar-refractivity contribution in [2.45, 2.75) is 47.1 Å². The SMILES string of the molecule is CCOc1cc(Cl)c(C(CC(C)C(C)(C)C)NC)cc1Cl. The van der Waals surface area contributed by atoms with Crippen LogP contribution in [0, 0.1) is 11.3 Å². The number of ether oxygens (including phenoxy) is 1. The van der Waals surface area contributed by atoms with Gasteiger partial charge in [-0.05, 0) is 43.4 Å². The first-order valence-electron chi connectivity index (χ1n) is 7.49. The quantitative estimate of drug-likeness (QED) is 0.719. The molecule has 1 rings (SSSR count). The summed E-state index contributed by atoms with van der Waals surface area (Å²) in [5.41, 5.74) is 1.29. The van der Waals surface area contributed by atoms with Crippen molar-refractivity contribution in [3.8, 4) is 5.75 Å². The molecule has 120 valence electrons. The lowest BCUT2D eigenvalue weighted by molar-refractivity contribution is 0.226. The highest BCUT2D eigenvalue weighted by Gasteiger charge is 2.25. The highest BCUT2D eigenvalue weighted by atomic mass is 35.5. The van der Waals surface area contributed by atoms with Crippen LogP contribution in [-0.2, 0) is 0 Å². The van der Waals surface area contributed by atoms with Gasteiger partial charge in [0.2, 0.25) is 0 Å². The summed E-state index contributed by atoms with van der Waals surface area (Å²) in [5.74, 6) is 1.20. The molecule has 0 aliphatic rings. The summed E-state index contributed by atoms with van der Waals surface area (Å²) in [6, 6.07) is 3.92. The van der Waals surface area contributed by atoms with Gasteiger partial charge in [-0.15, -0.1) is 0 Å². The van der Waals surface area contributed by atoms with Crippen molar-refractivity contribution < 1.29 is 4.74 Å². The summed E-state index contributed by atoms with van der Waals surface area (Å²) in [6.45, 7) is 11.6. The minimum atomic E-state index is 0.180. The lowest BCUT2D eigenvalue weighted by atomic mass is 9.77. The van der Waals surface area contributed by atoms with E-state index in [9.17, 15) is 0 Å². The molecule has 1 N–H and O–H groups in total. The highest BCUT2D eigenvalue weighted by Crippen LogP contribution is 2.38. The Bertz CT molecular complexity index is 469. The zero-order chi connectivity index (χ0) is 16.2. The van der Waals surface area contributed by atoms with Gasteiger partial charge in [0.05, 0.1) is 11.6 Å². The van der Waals surface area contributed by atoms with Crippen molar-refractivity contribution in [1.82, 2.24) is 5.32 Å². The third kappa shape index (κ3) is 5.05. The molecular weight excluding hydrogens is 305 g/mol. The van der Waals surface area contributed by atoms with Crippen molar-refractivity contribution in [3.05, 3.63) is 27.7 Å². The zero-order valence-electron chi connectivity index (χ0n) is 13.9. The second-order valence-corrected chi connectivity index (χ2v) is 7.40. The molecule has 0 bridgehead atoms. The van der Waals surface area contributed by atoms with Gasteiger partial charge in [0.15, 0.2) is 0 Å². The minimum absolute atomic E-state index is 0.180. The van der Waals surface area contributed by atoms with Crippen LogP contribution < -0.4 is 10.1 Å². The molecule has 21 heavy (non-hydrogen) atoms. The maximum Gasteiger partial charge on any atom is 0.139 e. The Hall–Kier alpha value is -0.440. The van der Waals surface area contributed by atoms with E-state index in [-0.39, 0.29) is 11.5 Å². The molecule has 0 spiro atoms. The third-order valence-corrected chi connectivity index (χ3v) is 4.77. The van der Waals surface area contributed by atoms with E-state index in [0.29, 0.717) is 28.3 Å². The Kier molecular flexibility index (Phi) is 6.83. The van der Waals surface area contributed by atoms with Gasteiger partial charge >= 0.3 is 0 Å². The minimum Gasteiger partial charge on any atom is -0.492 e. The average Bonchev–Trinajstić information content (AvgIpc) is 2.39. The topological polar surface area (TPSA) is 21.3 Å². The van der Waals surface area contributed by atoms with E-state index in [1.54, 1.807) is 0 Å². The molecule has 0 saturated carbocycles. The summed E-state index contributed by atoms with van der Waals surface area (Å²) in [7, 11) is 1.96. The standard InChI is InChI=1S/C17H27Cl2NO/c1-7-21-16-10-13(18)12(9-14(16)19)15(20-6)8-11(2)17(3,4)5/h9-11,15,20H,7-8H2,1-6H3. The summed E-state index contributed by atoms with van der Waals surface area (Å²) in [5, 5.41) is 4.67. The van der Waals surface area contributed by atoms with E-state index in [1.165, 1.54) is 0 Å². The fourth-order valence-electron chi connectivity index (χ4n) is 2.18. The summed E-state index contributed by atoms with van der Waals surface area (Å²) in [6.07, 6.45) is 1.00. The molecule has 0 amide bonds. The maximum atomic E-state index is 6.43. The number of halogens is 2. The smallest absolute Gasteiger partial charge is 0.139 e. The molecule has 0 saturated heterocycles. The predicted octanol–water partition coefficient (Wildman–Crippen LogP) is 5.72. The highest BCUT2D eigenvalue weighted by molar-refractivity contribution is 6.34. The molecule has 2 nitrogen and oxygen atoms in total. The average molecular weight is 332 g/mol. The summed E-state index contributed by atoms with van der Waals surface area (Å²) >= 11 is 12.7. The fourth-order valence-corrected chi connectivity index (χ4v) is 2.70. The van der Waals surface area contributed by atoms with Gasteiger partial charge in [0, 0.05) is 17.1 Å². The predicted molar refractivity (Wildman–Crippen MR) is 92.7 cm³/mol. The number of rotatable bonds is 6. The van der Waals surface area contributed by atoms with Gasteiger partial charge in [-0.3, -0.25) is 0 Å². The molecule has 0 aromatic heterocycles. The molecule has 0 aliphatic heterocycles. The van der Waals surface area contributed by atoms with Gasteiger partial charge < -0.3 is 10.1 Å². The first kappa shape index (κ1) is 18.6. The Balaban J connectivity index is 3.03. The number of nitrogens with one attached hydrogen (secondary N) is 1. The largest absolute Gasteiger partial charge is 0.492 e. The number of benzene rings is 1. The molecule has 0 heterocycles. The maximum absolute atomic E-state index is 6.43. The van der Waals surface area contributed by atoms with E-state index in [4.69, 9.17) is 27.9 Å². The van der Waals surface area contributed by atoms with Crippen molar-refractivity contribution in [1.29, 1.82) is 0 Å². The van der Waals surface area contributed by atoms with E-state index in [2.05, 4.69) is 33.0 Å². The van der Waals surface area contributed by atoms with Gasteiger partial charge in [0.1, 0.15) is 5.75 Å². The lowest BCUT2D eigenvalue weighted by Crippen LogP contribution is -2.25. The molecule has 1 aromatic carbocycles. The van der Waals surface area contributed by atoms with Crippen LogP contribution in [0.3, 0.4) is 0 Å². The molecule has 2 unspecified atom stereocenters. The van der Waals surface area contributed by atoms with Gasteiger partial charge in [-0.1, -0.05) is 50.9 Å². The van der Waals surface area contributed by atoms with Crippen molar-refractivity contribution in [2.24, 2.45) is 11.3 Å². The molecule has 4 heteroatoms. The zero-order valence-corrected chi connectivity index (χ0v) is 15.4. The van der Waals surface area contributed by atoms with E-state index >= 15 is 0 Å². The van der Waals surface area contributed by atoms with Crippen LogP contribution >= 0.6 is 23.2 Å². The second-order valence-electron chi connectivity index (χ2n) is 6.58. The van der Waals surface area contributed by atoms with Crippen LogP contribution in [0.1, 0.15) is 52.6 Å². The van der Waals surface area contributed by atoms with Crippen LogP contribution in [0.15, 0.2) is 12.1 Å². The van der Waals surface area contributed by atoms with E-state index < -0.39 is 0 Å². The Morgan fingerprint density at radius 2 is 1.81 bits per heavy atom. The van der Waals surface area contributed by atoms with Crippen molar-refractivity contribution >= 4 is 23.2 Å². The summed E-state index contributed by atoms with van der Waals surface area (Å²) in [4.78, 5) is 0. The van der Waals surface area contributed by atoms with Crippen LogP contribution in [-0.4, -0.2) is 13.7 Å². The fraction of sp³-hybridized carbons (Fsp3) is 0.647. The Morgan fingerprint density at radius 3 is 2.29 bits per heavy atom. The second kappa shape index (κ2) is 7.71. The number of hydrogen-bond acceptors (Lipinski definition) is 2. The van der Waals surface area contributed by atoms with Crippen LogP contribution in [0.5, 0.6) is 5.75 Å². The number of hydrogen-bond donors (Lipinski definition) is 1. The molecule has 0 aliphatic carbocycles. The molecular formula is C17H27Cl2NO. The van der Waals surface area contributed by atoms with Gasteiger partial charge in [-0.2, -0.15) is 0 Å². The summed E-state index contributed by atoms with van der Waals surface area (Å²) < 4.78 is 5.48. The third-order valence-electron chi connectivity index (χ3n) is 4.14. The molecule has 0 radical (unpaired) electrons. The van der Waals surface area contributed by atoms with Crippen LogP contribution in [0.25, 0.3) is 0 Å². The van der Waals surface area contributed by atoms with E-state index in [0.717, 1.165) is 12.0 Å².